The number of hydrogen-bond donors (Lipinski definition) is 1. The van der Waals surface area contributed by atoms with Gasteiger partial charge in [-0.25, -0.2) is 13.6 Å². The van der Waals surface area contributed by atoms with Crippen LogP contribution in [0.3, 0.4) is 0 Å². The molecule has 0 radical (unpaired) electrons. The van der Waals surface area contributed by atoms with Crippen molar-refractivity contribution in [2.75, 3.05) is 12.0 Å². The largest absolute Gasteiger partial charge is 0.508 e. The molecule has 0 spiro atoms. The number of carbonyl (C=O) groups is 1. The van der Waals surface area contributed by atoms with Crippen molar-refractivity contribution in [2.45, 2.75) is 30.9 Å². The molecule has 0 aliphatic carbocycles. The number of alkyl halides is 2. The van der Waals surface area contributed by atoms with E-state index in [-0.39, 0.29) is 12.2 Å². The summed E-state index contributed by atoms with van der Waals surface area (Å²) >= 11 is 0. The van der Waals surface area contributed by atoms with Crippen LogP contribution in [0, 0.1) is 0 Å². The van der Waals surface area contributed by atoms with E-state index in [1.165, 1.54) is 36.3 Å². The highest BCUT2D eigenvalue weighted by atomic mass is 19.3. The zero-order valence-corrected chi connectivity index (χ0v) is 17.4. The Hall–Kier alpha value is -3.61. The van der Waals surface area contributed by atoms with Crippen LogP contribution in [0.2, 0.25) is 0 Å². The first kappa shape index (κ1) is 21.6. The van der Waals surface area contributed by atoms with Crippen molar-refractivity contribution in [3.8, 4) is 11.5 Å². The third kappa shape index (κ3) is 4.37. The molecule has 32 heavy (non-hydrogen) atoms. The van der Waals surface area contributed by atoms with Gasteiger partial charge in [0.05, 0.1) is 7.11 Å². The van der Waals surface area contributed by atoms with Gasteiger partial charge in [0, 0.05) is 12.1 Å². The smallest absolute Gasteiger partial charge is 0.415 e. The number of benzene rings is 3. The summed E-state index contributed by atoms with van der Waals surface area (Å²) in [5, 5.41) is 9.65. The molecular weight excluding hydrogens is 416 g/mol. The number of carbonyl (C=O) groups excluding carboxylic acids is 1. The van der Waals surface area contributed by atoms with Gasteiger partial charge in [-0.05, 0) is 53.9 Å². The Morgan fingerprint density at radius 2 is 1.66 bits per heavy atom. The van der Waals surface area contributed by atoms with Crippen molar-refractivity contribution in [1.82, 2.24) is 0 Å². The van der Waals surface area contributed by atoms with Gasteiger partial charge in [0.15, 0.2) is 6.10 Å². The third-order valence-electron chi connectivity index (χ3n) is 5.58. The number of phenolic OH excluding ortho intramolecular Hbond substituents is 1. The summed E-state index contributed by atoms with van der Waals surface area (Å²) in [6.07, 6.45) is -2.87. The number of aryl methyl sites for hydroxylation is 1. The fourth-order valence-electron chi connectivity index (χ4n) is 3.90. The van der Waals surface area contributed by atoms with Crippen LogP contribution >= 0.6 is 0 Å². The number of rotatable bonds is 7. The lowest BCUT2D eigenvalue weighted by atomic mass is 9.92. The molecule has 1 aliphatic heterocycles. The van der Waals surface area contributed by atoms with Gasteiger partial charge >= 0.3 is 6.09 Å². The van der Waals surface area contributed by atoms with Gasteiger partial charge in [0.25, 0.3) is 5.92 Å². The number of halogens is 2. The lowest BCUT2D eigenvalue weighted by Crippen LogP contribution is -2.40. The summed E-state index contributed by atoms with van der Waals surface area (Å²) in [7, 11) is 1.52. The second-order valence-electron chi connectivity index (χ2n) is 7.66. The number of cyclic esters (lactones) is 1. The fraction of sp³-hybridized carbons (Fsp3) is 0.240. The van der Waals surface area contributed by atoms with Gasteiger partial charge in [-0.1, -0.05) is 42.5 Å². The zero-order valence-electron chi connectivity index (χ0n) is 17.4. The molecule has 166 valence electrons. The summed E-state index contributed by atoms with van der Waals surface area (Å²) in [5.74, 6) is -2.70. The average Bonchev–Trinajstić information content (AvgIpc) is 3.17. The van der Waals surface area contributed by atoms with E-state index in [0.29, 0.717) is 17.0 Å². The number of aromatic hydroxyl groups is 1. The first-order valence-electron chi connectivity index (χ1n) is 10.2. The highest BCUT2D eigenvalue weighted by Gasteiger charge is 2.55. The predicted octanol–water partition coefficient (Wildman–Crippen LogP) is 5.74. The van der Waals surface area contributed by atoms with Crippen molar-refractivity contribution in [3.63, 3.8) is 0 Å². The SMILES string of the molecule is COc1ccc(N2C(=O)OC(C(F)(F)CCc3ccccc3)[C@H]2c2ccc(O)cc2)cc1. The van der Waals surface area contributed by atoms with Gasteiger partial charge < -0.3 is 14.6 Å². The minimum Gasteiger partial charge on any atom is -0.508 e. The molecule has 4 rings (SSSR count). The number of hydrogen-bond acceptors (Lipinski definition) is 4. The normalized spacial score (nSPS) is 18.5. The van der Waals surface area contributed by atoms with Crippen molar-refractivity contribution < 1.29 is 28.2 Å². The Labute approximate surface area is 184 Å². The molecule has 1 saturated heterocycles. The van der Waals surface area contributed by atoms with Crippen LogP contribution in [0.5, 0.6) is 11.5 Å². The minimum atomic E-state index is -3.28. The maximum absolute atomic E-state index is 15.4. The number of nitrogens with zero attached hydrogens (tertiary/aromatic N) is 1. The molecule has 1 unspecified atom stereocenters. The molecule has 1 amide bonds. The Kier molecular flexibility index (Phi) is 5.99. The van der Waals surface area contributed by atoms with E-state index in [1.807, 2.05) is 6.07 Å². The van der Waals surface area contributed by atoms with E-state index in [0.717, 1.165) is 5.56 Å². The van der Waals surface area contributed by atoms with Crippen LogP contribution in [0.25, 0.3) is 0 Å². The van der Waals surface area contributed by atoms with Crippen LogP contribution in [-0.2, 0) is 11.2 Å². The monoisotopic (exact) mass is 439 g/mol. The van der Waals surface area contributed by atoms with Crippen LogP contribution in [0.4, 0.5) is 19.3 Å². The van der Waals surface area contributed by atoms with E-state index >= 15 is 8.78 Å². The van der Waals surface area contributed by atoms with Gasteiger partial charge in [0.2, 0.25) is 0 Å². The van der Waals surface area contributed by atoms with Gasteiger partial charge in [0.1, 0.15) is 17.5 Å². The maximum atomic E-state index is 15.4. The van der Waals surface area contributed by atoms with E-state index in [2.05, 4.69) is 0 Å². The summed E-state index contributed by atoms with van der Waals surface area (Å²) in [4.78, 5) is 14.0. The summed E-state index contributed by atoms with van der Waals surface area (Å²) in [5.41, 5.74) is 1.63. The van der Waals surface area contributed by atoms with Crippen LogP contribution < -0.4 is 9.64 Å². The number of anilines is 1. The molecule has 0 bridgehead atoms. The highest BCUT2D eigenvalue weighted by Crippen LogP contribution is 2.45. The molecule has 3 aromatic rings. The Bertz CT molecular complexity index is 1060. The van der Waals surface area contributed by atoms with Crippen LogP contribution in [0.1, 0.15) is 23.6 Å². The van der Waals surface area contributed by atoms with Crippen molar-refractivity contribution in [1.29, 1.82) is 0 Å². The minimum absolute atomic E-state index is 0.00220. The van der Waals surface area contributed by atoms with E-state index in [9.17, 15) is 9.90 Å². The fourth-order valence-corrected chi connectivity index (χ4v) is 3.90. The quantitative estimate of drug-likeness (QED) is 0.510. The second-order valence-corrected chi connectivity index (χ2v) is 7.66. The summed E-state index contributed by atoms with van der Waals surface area (Å²) < 4.78 is 41.3. The van der Waals surface area contributed by atoms with E-state index in [4.69, 9.17) is 9.47 Å². The van der Waals surface area contributed by atoms with Crippen molar-refractivity contribution in [3.05, 3.63) is 90.0 Å². The molecule has 2 atom stereocenters. The van der Waals surface area contributed by atoms with Gasteiger partial charge in [-0.15, -0.1) is 0 Å². The summed E-state index contributed by atoms with van der Waals surface area (Å²) in [6, 6.07) is 20.3. The number of amides is 1. The molecule has 0 saturated carbocycles. The standard InChI is InChI=1S/C25H23F2NO4/c1-31-21-13-9-19(10-14-21)28-22(18-7-11-20(29)12-8-18)23(32-24(28)30)25(26,27)16-15-17-5-3-2-4-6-17/h2-14,22-23,29H,15-16H2,1H3/t22-,23?/m1/s1. The molecule has 1 fully saturated rings. The average molecular weight is 439 g/mol. The first-order valence-corrected chi connectivity index (χ1v) is 10.2. The van der Waals surface area contributed by atoms with Crippen LogP contribution in [-0.4, -0.2) is 30.3 Å². The van der Waals surface area contributed by atoms with E-state index in [1.54, 1.807) is 48.5 Å². The summed E-state index contributed by atoms with van der Waals surface area (Å²) in [6.45, 7) is 0. The topological polar surface area (TPSA) is 59.0 Å². The number of ether oxygens (including phenoxy) is 2. The lowest BCUT2D eigenvalue weighted by molar-refractivity contribution is -0.108. The predicted molar refractivity (Wildman–Crippen MR) is 116 cm³/mol. The van der Waals surface area contributed by atoms with Crippen LogP contribution in [0.15, 0.2) is 78.9 Å². The van der Waals surface area contributed by atoms with Crippen molar-refractivity contribution in [2.24, 2.45) is 0 Å². The molecule has 5 nitrogen and oxygen atoms in total. The molecule has 3 aromatic carbocycles. The molecule has 1 heterocycles. The molecule has 1 aliphatic rings. The highest BCUT2D eigenvalue weighted by molar-refractivity contribution is 5.91. The number of methoxy groups -OCH3 is 1. The first-order chi connectivity index (χ1) is 15.4. The van der Waals surface area contributed by atoms with E-state index < -0.39 is 30.6 Å². The van der Waals surface area contributed by atoms with Gasteiger partial charge in [-0.3, -0.25) is 4.90 Å². The lowest BCUT2D eigenvalue weighted by Gasteiger charge is -2.29. The maximum Gasteiger partial charge on any atom is 0.415 e. The van der Waals surface area contributed by atoms with Crippen molar-refractivity contribution >= 4 is 11.8 Å². The van der Waals surface area contributed by atoms with Gasteiger partial charge in [-0.2, -0.15) is 0 Å². The zero-order chi connectivity index (χ0) is 22.7. The third-order valence-corrected chi connectivity index (χ3v) is 5.58. The molecular formula is C25H23F2NO4. The molecule has 7 heteroatoms. The second kappa shape index (κ2) is 8.86. The molecule has 1 N–H and O–H groups in total. The molecule has 0 aromatic heterocycles. The Balaban J connectivity index is 1.68. The Morgan fingerprint density at radius 1 is 1.00 bits per heavy atom. The number of phenols is 1. The Morgan fingerprint density at radius 3 is 2.28 bits per heavy atom.